The highest BCUT2D eigenvalue weighted by atomic mass is 16.5. The highest BCUT2D eigenvalue weighted by molar-refractivity contribution is 5.89. The van der Waals surface area contributed by atoms with Gasteiger partial charge in [0.2, 0.25) is 0 Å². The fourth-order valence-electron chi connectivity index (χ4n) is 3.22. The van der Waals surface area contributed by atoms with E-state index in [2.05, 4.69) is 66.3 Å². The lowest BCUT2D eigenvalue weighted by Gasteiger charge is -2.11. The van der Waals surface area contributed by atoms with Crippen molar-refractivity contribution in [3.63, 3.8) is 0 Å². The maximum Gasteiger partial charge on any atom is 0.319 e. The van der Waals surface area contributed by atoms with Gasteiger partial charge in [-0.15, -0.1) is 0 Å². The molecule has 1 aromatic heterocycles. The van der Waals surface area contributed by atoms with Crippen LogP contribution in [0.5, 0.6) is 5.75 Å². The lowest BCUT2D eigenvalue weighted by molar-refractivity contribution is 0.251. The molecule has 0 aliphatic rings. The Morgan fingerprint density at radius 2 is 1.81 bits per heavy atom. The Labute approximate surface area is 160 Å². The van der Waals surface area contributed by atoms with Crippen molar-refractivity contribution in [1.82, 2.24) is 9.88 Å². The summed E-state index contributed by atoms with van der Waals surface area (Å²) in [5.41, 5.74) is 6.41. The Morgan fingerprint density at radius 3 is 2.56 bits per heavy atom. The minimum atomic E-state index is -0.247. The molecule has 0 fully saturated rings. The van der Waals surface area contributed by atoms with E-state index in [0.29, 0.717) is 18.0 Å². The molecule has 0 atom stereocenters. The fraction of sp³-hybridized carbons (Fsp3) is 0.227. The van der Waals surface area contributed by atoms with Crippen molar-refractivity contribution in [2.45, 2.75) is 27.3 Å². The average Bonchev–Trinajstić information content (AvgIpc) is 2.93. The molecule has 3 aromatic rings. The summed E-state index contributed by atoms with van der Waals surface area (Å²) in [4.78, 5) is 12.2. The van der Waals surface area contributed by atoms with Gasteiger partial charge < -0.3 is 19.9 Å². The molecule has 0 unspecified atom stereocenters. The van der Waals surface area contributed by atoms with Crippen LogP contribution in [0.4, 0.5) is 10.5 Å². The summed E-state index contributed by atoms with van der Waals surface area (Å²) in [6.45, 7) is 6.70. The topological polar surface area (TPSA) is 55.3 Å². The van der Waals surface area contributed by atoms with Crippen LogP contribution in [0.15, 0.2) is 54.6 Å². The van der Waals surface area contributed by atoms with Crippen molar-refractivity contribution in [3.8, 4) is 11.4 Å². The lowest BCUT2D eigenvalue weighted by Crippen LogP contribution is -2.28. The molecule has 0 saturated heterocycles. The Bertz CT molecular complexity index is 960. The van der Waals surface area contributed by atoms with E-state index in [1.165, 1.54) is 5.56 Å². The van der Waals surface area contributed by atoms with Gasteiger partial charge in [-0.3, -0.25) is 0 Å². The Kier molecular flexibility index (Phi) is 5.50. The number of anilines is 1. The minimum absolute atomic E-state index is 0.247. The van der Waals surface area contributed by atoms with Crippen molar-refractivity contribution in [1.29, 1.82) is 0 Å². The highest BCUT2D eigenvalue weighted by Gasteiger charge is 2.12. The number of methoxy groups -OCH3 is 1. The summed E-state index contributed by atoms with van der Waals surface area (Å²) in [7, 11) is 1.60. The van der Waals surface area contributed by atoms with Gasteiger partial charge >= 0.3 is 6.03 Å². The van der Waals surface area contributed by atoms with Gasteiger partial charge in [-0.25, -0.2) is 4.79 Å². The van der Waals surface area contributed by atoms with Crippen LogP contribution in [-0.2, 0) is 6.54 Å². The van der Waals surface area contributed by atoms with Crippen molar-refractivity contribution in [2.75, 3.05) is 12.4 Å². The molecule has 0 spiro atoms. The number of aryl methyl sites for hydroxylation is 2. The van der Waals surface area contributed by atoms with E-state index in [4.69, 9.17) is 4.74 Å². The molecule has 5 heteroatoms. The molecule has 5 nitrogen and oxygen atoms in total. The first-order valence-electron chi connectivity index (χ1n) is 8.91. The molecule has 27 heavy (non-hydrogen) atoms. The zero-order chi connectivity index (χ0) is 19.4. The summed E-state index contributed by atoms with van der Waals surface area (Å²) in [6, 6.07) is 17.5. The normalized spacial score (nSPS) is 10.5. The Balaban J connectivity index is 1.69. The number of hydrogen-bond donors (Lipinski definition) is 2. The third-order valence-electron chi connectivity index (χ3n) is 4.56. The number of aromatic nitrogens is 1. The van der Waals surface area contributed by atoms with Crippen LogP contribution in [0.2, 0.25) is 0 Å². The number of nitrogens with zero attached hydrogens (tertiary/aromatic N) is 1. The summed E-state index contributed by atoms with van der Waals surface area (Å²) < 4.78 is 7.39. The minimum Gasteiger partial charge on any atom is -0.497 e. The maximum absolute atomic E-state index is 12.2. The van der Waals surface area contributed by atoms with Crippen LogP contribution in [0.1, 0.15) is 22.5 Å². The number of rotatable bonds is 5. The smallest absolute Gasteiger partial charge is 0.319 e. The van der Waals surface area contributed by atoms with E-state index in [1.54, 1.807) is 13.2 Å². The van der Waals surface area contributed by atoms with Gasteiger partial charge in [0, 0.05) is 35.4 Å². The first-order valence-corrected chi connectivity index (χ1v) is 8.91. The van der Waals surface area contributed by atoms with E-state index in [0.717, 1.165) is 22.6 Å². The molecule has 0 aliphatic carbocycles. The molecule has 0 saturated carbocycles. The van der Waals surface area contributed by atoms with Gasteiger partial charge in [-0.05, 0) is 62.2 Å². The van der Waals surface area contributed by atoms with Gasteiger partial charge in [0.25, 0.3) is 0 Å². The molecule has 0 bridgehead atoms. The number of carbonyl (C=O) groups excluding carboxylic acids is 1. The SMILES string of the molecule is COc1cccc(NC(=O)NCc2cc(C)n(-c3cccc(C)c3)c2C)c1. The molecule has 140 valence electrons. The van der Waals surface area contributed by atoms with Crippen LogP contribution < -0.4 is 15.4 Å². The van der Waals surface area contributed by atoms with E-state index in [9.17, 15) is 4.79 Å². The summed E-state index contributed by atoms with van der Waals surface area (Å²) >= 11 is 0. The zero-order valence-electron chi connectivity index (χ0n) is 16.2. The summed E-state index contributed by atoms with van der Waals surface area (Å²) in [5.74, 6) is 0.703. The van der Waals surface area contributed by atoms with Crippen LogP contribution in [0.3, 0.4) is 0 Å². The van der Waals surface area contributed by atoms with Gasteiger partial charge in [0.05, 0.1) is 7.11 Å². The second-order valence-corrected chi connectivity index (χ2v) is 6.61. The number of amides is 2. The number of ether oxygens (including phenoxy) is 1. The number of urea groups is 1. The fourth-order valence-corrected chi connectivity index (χ4v) is 3.22. The molecule has 2 aromatic carbocycles. The first kappa shape index (κ1) is 18.6. The van der Waals surface area contributed by atoms with Gasteiger partial charge in [0.15, 0.2) is 0 Å². The molecule has 3 rings (SSSR count). The van der Waals surface area contributed by atoms with Crippen molar-refractivity contribution in [3.05, 3.63) is 77.1 Å². The third kappa shape index (κ3) is 4.31. The monoisotopic (exact) mass is 363 g/mol. The number of benzene rings is 2. The number of carbonyl (C=O) groups is 1. The lowest BCUT2D eigenvalue weighted by atomic mass is 10.2. The maximum atomic E-state index is 12.2. The average molecular weight is 363 g/mol. The molecule has 0 aliphatic heterocycles. The number of hydrogen-bond acceptors (Lipinski definition) is 2. The van der Waals surface area contributed by atoms with Crippen LogP contribution in [-0.4, -0.2) is 17.7 Å². The van der Waals surface area contributed by atoms with Crippen LogP contribution in [0, 0.1) is 20.8 Å². The van der Waals surface area contributed by atoms with Gasteiger partial charge in [-0.1, -0.05) is 18.2 Å². The van der Waals surface area contributed by atoms with Crippen LogP contribution >= 0.6 is 0 Å². The second kappa shape index (κ2) is 7.99. The molecule has 0 radical (unpaired) electrons. The second-order valence-electron chi connectivity index (χ2n) is 6.61. The van der Waals surface area contributed by atoms with Gasteiger partial charge in [0.1, 0.15) is 5.75 Å². The zero-order valence-corrected chi connectivity index (χ0v) is 16.2. The summed E-state index contributed by atoms with van der Waals surface area (Å²) in [5, 5.41) is 5.76. The van der Waals surface area contributed by atoms with E-state index in [1.807, 2.05) is 18.2 Å². The van der Waals surface area contributed by atoms with E-state index in [-0.39, 0.29) is 6.03 Å². The van der Waals surface area contributed by atoms with E-state index >= 15 is 0 Å². The molecule has 2 N–H and O–H groups in total. The van der Waals surface area contributed by atoms with Crippen molar-refractivity contribution >= 4 is 11.7 Å². The predicted molar refractivity (Wildman–Crippen MR) is 109 cm³/mol. The predicted octanol–water partition coefficient (Wildman–Crippen LogP) is 4.73. The van der Waals surface area contributed by atoms with Crippen LogP contribution in [0.25, 0.3) is 5.69 Å². The van der Waals surface area contributed by atoms with Crippen molar-refractivity contribution < 1.29 is 9.53 Å². The standard InChI is InChI=1S/C22H25N3O2/c1-15-7-5-9-20(11-15)25-16(2)12-18(17(25)3)14-23-22(26)24-19-8-6-10-21(13-19)27-4/h5-13H,14H2,1-4H3,(H2,23,24,26). The van der Waals surface area contributed by atoms with Crippen molar-refractivity contribution in [2.24, 2.45) is 0 Å². The molecular weight excluding hydrogens is 338 g/mol. The first-order chi connectivity index (χ1) is 13.0. The molecule has 1 heterocycles. The quantitative estimate of drug-likeness (QED) is 0.688. The Hall–Kier alpha value is -3.21. The summed E-state index contributed by atoms with van der Waals surface area (Å²) in [6.07, 6.45) is 0. The third-order valence-corrected chi connectivity index (χ3v) is 4.56. The van der Waals surface area contributed by atoms with Gasteiger partial charge in [-0.2, -0.15) is 0 Å². The highest BCUT2D eigenvalue weighted by Crippen LogP contribution is 2.21. The molecule has 2 amide bonds. The number of nitrogens with one attached hydrogen (secondary N) is 2. The largest absolute Gasteiger partial charge is 0.497 e. The molecular formula is C22H25N3O2. The Morgan fingerprint density at radius 1 is 1.04 bits per heavy atom. The van der Waals surface area contributed by atoms with E-state index < -0.39 is 0 Å².